The summed E-state index contributed by atoms with van der Waals surface area (Å²) in [4.78, 5) is 18.9. The standard InChI is InChI=1S/C22H28N4O2S/c1-24-9-4-5-16(24)8-10-26-21-17-6-2-3-7-19(17)29-15-18(21)20(23-26)22(27)25-11-13-28-14-12-25/h2-3,6-7,16H,4-5,8-15H2,1H3. The van der Waals surface area contributed by atoms with Crippen LogP contribution in [0.3, 0.4) is 0 Å². The van der Waals surface area contributed by atoms with Crippen molar-refractivity contribution in [1.82, 2.24) is 19.6 Å². The van der Waals surface area contributed by atoms with E-state index in [2.05, 4.69) is 40.9 Å². The van der Waals surface area contributed by atoms with Gasteiger partial charge in [-0.2, -0.15) is 5.10 Å². The van der Waals surface area contributed by atoms with Gasteiger partial charge in [0.25, 0.3) is 5.91 Å². The minimum absolute atomic E-state index is 0.0567. The van der Waals surface area contributed by atoms with Crippen molar-refractivity contribution in [2.75, 3.05) is 39.9 Å². The number of hydrogen-bond donors (Lipinski definition) is 0. The second-order valence-corrected chi connectivity index (χ2v) is 9.17. The number of carbonyl (C=O) groups excluding carboxylic acids is 1. The van der Waals surface area contributed by atoms with Gasteiger partial charge in [0, 0.05) is 47.5 Å². The predicted molar refractivity (Wildman–Crippen MR) is 114 cm³/mol. The van der Waals surface area contributed by atoms with E-state index in [-0.39, 0.29) is 5.91 Å². The van der Waals surface area contributed by atoms with Crippen LogP contribution in [0.1, 0.15) is 35.3 Å². The highest BCUT2D eigenvalue weighted by Crippen LogP contribution is 2.43. The summed E-state index contributed by atoms with van der Waals surface area (Å²) in [6.07, 6.45) is 3.61. The van der Waals surface area contributed by atoms with Crippen LogP contribution in [0, 0.1) is 0 Å². The Morgan fingerprint density at radius 3 is 2.86 bits per heavy atom. The van der Waals surface area contributed by atoms with E-state index in [9.17, 15) is 4.79 Å². The van der Waals surface area contributed by atoms with E-state index < -0.39 is 0 Å². The van der Waals surface area contributed by atoms with Gasteiger partial charge in [0.15, 0.2) is 5.69 Å². The van der Waals surface area contributed by atoms with Gasteiger partial charge in [0.2, 0.25) is 0 Å². The Bertz CT molecular complexity index is 906. The molecule has 2 saturated heterocycles. The quantitative estimate of drug-likeness (QED) is 0.772. The zero-order chi connectivity index (χ0) is 19.8. The van der Waals surface area contributed by atoms with Gasteiger partial charge < -0.3 is 14.5 Å². The molecule has 3 aliphatic heterocycles. The molecule has 0 saturated carbocycles. The average Bonchev–Trinajstić information content (AvgIpc) is 3.35. The molecule has 5 rings (SSSR count). The van der Waals surface area contributed by atoms with Crippen LogP contribution in [0.15, 0.2) is 29.2 Å². The van der Waals surface area contributed by atoms with E-state index in [1.165, 1.54) is 29.8 Å². The van der Waals surface area contributed by atoms with Gasteiger partial charge in [-0.25, -0.2) is 0 Å². The number of benzene rings is 1. The number of aromatic nitrogens is 2. The molecule has 0 radical (unpaired) electrons. The molecular formula is C22H28N4O2S. The summed E-state index contributed by atoms with van der Waals surface area (Å²) >= 11 is 1.81. The molecule has 154 valence electrons. The first kappa shape index (κ1) is 19.2. The highest BCUT2D eigenvalue weighted by atomic mass is 32.2. The molecule has 2 aromatic rings. The van der Waals surface area contributed by atoms with Gasteiger partial charge >= 0.3 is 0 Å². The highest BCUT2D eigenvalue weighted by Gasteiger charge is 2.31. The van der Waals surface area contributed by atoms with Crippen molar-refractivity contribution in [3.63, 3.8) is 0 Å². The van der Waals surface area contributed by atoms with Crippen LogP contribution in [0.25, 0.3) is 11.3 Å². The van der Waals surface area contributed by atoms with Crippen LogP contribution in [-0.2, 0) is 17.0 Å². The van der Waals surface area contributed by atoms with Gasteiger partial charge in [0.1, 0.15) is 0 Å². The number of fused-ring (bicyclic) bond motifs is 3. The minimum atomic E-state index is 0.0567. The normalized spacial score (nSPS) is 21.8. The lowest BCUT2D eigenvalue weighted by Crippen LogP contribution is -2.41. The molecule has 4 heterocycles. The van der Waals surface area contributed by atoms with Gasteiger partial charge in [-0.15, -0.1) is 11.8 Å². The van der Waals surface area contributed by atoms with Crippen LogP contribution in [0.5, 0.6) is 0 Å². The van der Waals surface area contributed by atoms with Crippen LogP contribution in [-0.4, -0.2) is 71.4 Å². The maximum Gasteiger partial charge on any atom is 0.274 e. The summed E-state index contributed by atoms with van der Waals surface area (Å²) in [6, 6.07) is 9.13. The minimum Gasteiger partial charge on any atom is -0.378 e. The Balaban J connectivity index is 1.50. The van der Waals surface area contributed by atoms with Gasteiger partial charge in [-0.05, 0) is 38.9 Å². The lowest BCUT2D eigenvalue weighted by atomic mass is 10.0. The molecule has 2 fully saturated rings. The average molecular weight is 413 g/mol. The molecule has 6 nitrogen and oxygen atoms in total. The molecule has 7 heteroatoms. The fourth-order valence-electron chi connectivity index (χ4n) is 4.74. The number of hydrogen-bond acceptors (Lipinski definition) is 5. The Morgan fingerprint density at radius 1 is 1.24 bits per heavy atom. The van der Waals surface area contributed by atoms with Crippen LogP contribution in [0.2, 0.25) is 0 Å². The molecule has 1 aromatic carbocycles. The molecule has 0 spiro atoms. The molecular weight excluding hydrogens is 384 g/mol. The van der Waals surface area contributed by atoms with Crippen LogP contribution < -0.4 is 0 Å². The Labute approximate surface area is 176 Å². The van der Waals surface area contributed by atoms with Crippen molar-refractivity contribution in [2.45, 2.75) is 42.5 Å². The lowest BCUT2D eigenvalue weighted by Gasteiger charge is -2.26. The Hall–Kier alpha value is -1.83. The maximum absolute atomic E-state index is 13.3. The number of rotatable bonds is 4. The first-order valence-corrected chi connectivity index (χ1v) is 11.6. The number of carbonyl (C=O) groups is 1. The van der Waals surface area contributed by atoms with E-state index in [4.69, 9.17) is 9.84 Å². The summed E-state index contributed by atoms with van der Waals surface area (Å²) in [6.45, 7) is 4.56. The summed E-state index contributed by atoms with van der Waals surface area (Å²) in [5.74, 6) is 0.863. The molecule has 0 aliphatic carbocycles. The predicted octanol–water partition coefficient (Wildman–Crippen LogP) is 3.11. The molecule has 1 aromatic heterocycles. The van der Waals surface area contributed by atoms with Crippen molar-refractivity contribution in [2.24, 2.45) is 0 Å². The molecule has 0 N–H and O–H groups in total. The molecule has 1 unspecified atom stereocenters. The number of thioether (sulfide) groups is 1. The smallest absolute Gasteiger partial charge is 0.274 e. The fourth-order valence-corrected chi connectivity index (χ4v) is 5.81. The number of nitrogens with zero attached hydrogens (tertiary/aromatic N) is 4. The van der Waals surface area contributed by atoms with E-state index >= 15 is 0 Å². The first-order valence-electron chi connectivity index (χ1n) is 10.6. The topological polar surface area (TPSA) is 50.6 Å². The van der Waals surface area contributed by atoms with Gasteiger partial charge in [-0.1, -0.05) is 18.2 Å². The number of ether oxygens (including phenoxy) is 1. The highest BCUT2D eigenvalue weighted by molar-refractivity contribution is 7.98. The van der Waals surface area contributed by atoms with Crippen molar-refractivity contribution in [1.29, 1.82) is 0 Å². The number of morpholine rings is 1. The third-order valence-electron chi connectivity index (χ3n) is 6.41. The van der Waals surface area contributed by atoms with Gasteiger partial charge in [-0.3, -0.25) is 9.48 Å². The SMILES string of the molecule is CN1CCCC1CCn1nc(C(=O)N2CCOCC2)c2c1-c1ccccc1SC2. The molecule has 29 heavy (non-hydrogen) atoms. The summed E-state index contributed by atoms with van der Waals surface area (Å²) in [7, 11) is 2.22. The number of amides is 1. The second-order valence-electron chi connectivity index (χ2n) is 8.15. The van der Waals surface area contributed by atoms with E-state index in [0.717, 1.165) is 30.0 Å². The van der Waals surface area contributed by atoms with Crippen LogP contribution >= 0.6 is 11.8 Å². The number of aryl methyl sites for hydroxylation is 1. The molecule has 1 amide bonds. The Kier molecular flexibility index (Phi) is 5.37. The third-order valence-corrected chi connectivity index (χ3v) is 7.51. The largest absolute Gasteiger partial charge is 0.378 e. The van der Waals surface area contributed by atoms with Gasteiger partial charge in [0.05, 0.1) is 18.9 Å². The van der Waals surface area contributed by atoms with Crippen molar-refractivity contribution in [3.8, 4) is 11.3 Å². The maximum atomic E-state index is 13.3. The molecule has 0 bridgehead atoms. The zero-order valence-corrected chi connectivity index (χ0v) is 17.8. The summed E-state index contributed by atoms with van der Waals surface area (Å²) in [5, 5.41) is 4.90. The zero-order valence-electron chi connectivity index (χ0n) is 17.0. The third kappa shape index (κ3) is 3.60. The monoisotopic (exact) mass is 412 g/mol. The molecule has 1 atom stereocenters. The number of likely N-dealkylation sites (tertiary alicyclic amines) is 1. The van der Waals surface area contributed by atoms with E-state index in [0.29, 0.717) is 38.0 Å². The van der Waals surface area contributed by atoms with E-state index in [1.807, 2.05) is 16.7 Å². The summed E-state index contributed by atoms with van der Waals surface area (Å²) in [5.41, 5.74) is 4.11. The van der Waals surface area contributed by atoms with E-state index in [1.54, 1.807) is 0 Å². The Morgan fingerprint density at radius 2 is 2.07 bits per heavy atom. The van der Waals surface area contributed by atoms with Crippen LogP contribution in [0.4, 0.5) is 0 Å². The van der Waals surface area contributed by atoms with Crippen molar-refractivity contribution >= 4 is 17.7 Å². The second kappa shape index (κ2) is 8.13. The van der Waals surface area contributed by atoms with Crippen molar-refractivity contribution in [3.05, 3.63) is 35.5 Å². The first-order chi connectivity index (χ1) is 14.2. The van der Waals surface area contributed by atoms with Crippen molar-refractivity contribution < 1.29 is 9.53 Å². The fraction of sp³-hybridized carbons (Fsp3) is 0.545. The lowest BCUT2D eigenvalue weighted by molar-refractivity contribution is 0.0298. The summed E-state index contributed by atoms with van der Waals surface area (Å²) < 4.78 is 7.55. The molecule has 3 aliphatic rings.